The summed E-state index contributed by atoms with van der Waals surface area (Å²) in [5, 5.41) is 12.2. The minimum Gasteiger partial charge on any atom is -0.334 e. The summed E-state index contributed by atoms with van der Waals surface area (Å²) in [5.41, 5.74) is 4.37. The van der Waals surface area contributed by atoms with E-state index >= 15 is 0 Å². The van der Waals surface area contributed by atoms with Crippen LogP contribution >= 0.6 is 0 Å². The molecule has 0 aliphatic carbocycles. The molecule has 2 aromatic rings. The maximum atomic E-state index is 12.8. The molecule has 5 nitrogen and oxygen atoms in total. The number of hydrogen-bond acceptors (Lipinski definition) is 4. The van der Waals surface area contributed by atoms with Gasteiger partial charge in [-0.2, -0.15) is 5.48 Å². The highest BCUT2D eigenvalue weighted by Gasteiger charge is 2.35. The Balaban J connectivity index is 2.21. The summed E-state index contributed by atoms with van der Waals surface area (Å²) in [7, 11) is 3.46. The molecular weight excluding hydrogens is 302 g/mol. The molecule has 5 heteroatoms. The molecule has 0 radical (unpaired) electrons. The molecule has 1 amide bonds. The SMILES string of the molecule is CNC(NO)C(C)(C)N(C)C(=O)c1ccc(-c2ccccc2)cc1. The van der Waals surface area contributed by atoms with E-state index < -0.39 is 11.7 Å². The maximum Gasteiger partial charge on any atom is 0.254 e. The van der Waals surface area contributed by atoms with Gasteiger partial charge in [0, 0.05) is 12.6 Å². The minimum absolute atomic E-state index is 0.102. The van der Waals surface area contributed by atoms with E-state index in [4.69, 9.17) is 0 Å². The fourth-order valence-electron chi connectivity index (χ4n) is 2.66. The lowest BCUT2D eigenvalue weighted by Gasteiger charge is -2.41. The van der Waals surface area contributed by atoms with Crippen molar-refractivity contribution in [2.45, 2.75) is 25.6 Å². The van der Waals surface area contributed by atoms with Gasteiger partial charge in [0.15, 0.2) is 0 Å². The van der Waals surface area contributed by atoms with Crippen LogP contribution in [0.3, 0.4) is 0 Å². The molecular formula is C19H25N3O2. The van der Waals surface area contributed by atoms with Crippen LogP contribution in [0.5, 0.6) is 0 Å². The molecule has 128 valence electrons. The van der Waals surface area contributed by atoms with Crippen LogP contribution in [0, 0.1) is 0 Å². The highest BCUT2D eigenvalue weighted by Crippen LogP contribution is 2.22. The third-order valence-corrected chi connectivity index (χ3v) is 4.53. The highest BCUT2D eigenvalue weighted by molar-refractivity contribution is 5.95. The molecule has 0 aliphatic heterocycles. The minimum atomic E-state index is -0.626. The van der Waals surface area contributed by atoms with Crippen LogP contribution in [0.1, 0.15) is 24.2 Å². The van der Waals surface area contributed by atoms with Crippen molar-refractivity contribution in [1.29, 1.82) is 0 Å². The van der Waals surface area contributed by atoms with Crippen molar-refractivity contribution in [3.05, 3.63) is 60.2 Å². The van der Waals surface area contributed by atoms with Crippen LogP contribution in [-0.2, 0) is 0 Å². The van der Waals surface area contributed by atoms with Crippen LogP contribution < -0.4 is 10.8 Å². The number of carbonyl (C=O) groups excluding carboxylic acids is 1. The van der Waals surface area contributed by atoms with E-state index in [0.29, 0.717) is 5.56 Å². The van der Waals surface area contributed by atoms with Gasteiger partial charge < -0.3 is 15.4 Å². The molecule has 0 saturated carbocycles. The molecule has 0 aromatic heterocycles. The molecule has 0 saturated heterocycles. The highest BCUT2D eigenvalue weighted by atomic mass is 16.5. The Bertz CT molecular complexity index is 665. The number of rotatable bonds is 6. The number of benzene rings is 2. The summed E-state index contributed by atoms with van der Waals surface area (Å²) < 4.78 is 0. The first-order valence-corrected chi connectivity index (χ1v) is 7.92. The van der Waals surface area contributed by atoms with Crippen molar-refractivity contribution in [2.75, 3.05) is 14.1 Å². The average molecular weight is 327 g/mol. The van der Waals surface area contributed by atoms with Crippen molar-refractivity contribution in [2.24, 2.45) is 0 Å². The molecule has 0 aliphatic rings. The van der Waals surface area contributed by atoms with E-state index in [1.807, 2.05) is 68.4 Å². The quantitative estimate of drug-likeness (QED) is 0.564. The van der Waals surface area contributed by atoms with Crippen LogP contribution in [-0.4, -0.2) is 41.8 Å². The normalized spacial score (nSPS) is 12.7. The summed E-state index contributed by atoms with van der Waals surface area (Å²) in [6, 6.07) is 17.6. The molecule has 3 N–H and O–H groups in total. The first-order valence-electron chi connectivity index (χ1n) is 7.92. The number of carbonyl (C=O) groups is 1. The van der Waals surface area contributed by atoms with Gasteiger partial charge in [-0.05, 0) is 44.2 Å². The number of likely N-dealkylation sites (N-methyl/N-ethyl adjacent to an activating group) is 2. The first kappa shape index (κ1) is 18.1. The van der Waals surface area contributed by atoms with Gasteiger partial charge >= 0.3 is 0 Å². The van der Waals surface area contributed by atoms with Crippen LogP contribution in [0.25, 0.3) is 11.1 Å². The Morgan fingerprint density at radius 2 is 1.58 bits per heavy atom. The van der Waals surface area contributed by atoms with Crippen molar-refractivity contribution >= 4 is 5.91 Å². The molecule has 0 bridgehead atoms. The van der Waals surface area contributed by atoms with Gasteiger partial charge in [0.05, 0.1) is 5.54 Å². The zero-order chi connectivity index (χ0) is 17.7. The lowest BCUT2D eigenvalue weighted by atomic mass is 9.97. The number of hydrogen-bond donors (Lipinski definition) is 3. The number of amides is 1. The second-order valence-corrected chi connectivity index (χ2v) is 6.31. The number of hydroxylamine groups is 1. The average Bonchev–Trinajstić information content (AvgIpc) is 2.62. The van der Waals surface area contributed by atoms with E-state index in [2.05, 4.69) is 10.8 Å². The molecule has 24 heavy (non-hydrogen) atoms. The van der Waals surface area contributed by atoms with Gasteiger partial charge in [0.2, 0.25) is 0 Å². The van der Waals surface area contributed by atoms with Gasteiger partial charge in [-0.1, -0.05) is 42.5 Å². The van der Waals surface area contributed by atoms with Crippen LogP contribution in [0.4, 0.5) is 0 Å². The third kappa shape index (κ3) is 3.64. The van der Waals surface area contributed by atoms with Crippen LogP contribution in [0.2, 0.25) is 0 Å². The van der Waals surface area contributed by atoms with Crippen molar-refractivity contribution < 1.29 is 10.0 Å². The van der Waals surface area contributed by atoms with Gasteiger partial charge in [-0.15, -0.1) is 0 Å². The summed E-state index contributed by atoms with van der Waals surface area (Å²) in [4.78, 5) is 14.4. The molecule has 0 fully saturated rings. The Kier molecular flexibility index (Phi) is 5.72. The van der Waals surface area contributed by atoms with Crippen LogP contribution in [0.15, 0.2) is 54.6 Å². The Morgan fingerprint density at radius 1 is 1.04 bits per heavy atom. The predicted octanol–water partition coefficient (Wildman–Crippen LogP) is 2.73. The monoisotopic (exact) mass is 327 g/mol. The lowest BCUT2D eigenvalue weighted by Crippen LogP contribution is -2.62. The summed E-state index contributed by atoms with van der Waals surface area (Å²) in [6.45, 7) is 3.77. The predicted molar refractivity (Wildman–Crippen MR) is 95.8 cm³/mol. The molecule has 2 rings (SSSR count). The van der Waals surface area contributed by atoms with Crippen molar-refractivity contribution in [1.82, 2.24) is 15.7 Å². The van der Waals surface area contributed by atoms with E-state index in [1.165, 1.54) is 0 Å². The van der Waals surface area contributed by atoms with Gasteiger partial charge in [0.25, 0.3) is 5.91 Å². The van der Waals surface area contributed by atoms with Crippen molar-refractivity contribution in [3.8, 4) is 11.1 Å². The van der Waals surface area contributed by atoms with Gasteiger partial charge in [-0.25, -0.2) is 0 Å². The second kappa shape index (κ2) is 7.57. The fourth-order valence-corrected chi connectivity index (χ4v) is 2.66. The topological polar surface area (TPSA) is 64.6 Å². The number of nitrogens with one attached hydrogen (secondary N) is 2. The summed E-state index contributed by atoms with van der Waals surface area (Å²) in [6.07, 6.45) is -0.449. The van der Waals surface area contributed by atoms with E-state index in [9.17, 15) is 10.0 Å². The molecule has 0 heterocycles. The summed E-state index contributed by atoms with van der Waals surface area (Å²) >= 11 is 0. The Hall–Kier alpha value is -2.21. The second-order valence-electron chi connectivity index (χ2n) is 6.31. The Morgan fingerprint density at radius 3 is 2.08 bits per heavy atom. The van der Waals surface area contributed by atoms with Crippen molar-refractivity contribution in [3.63, 3.8) is 0 Å². The maximum absolute atomic E-state index is 12.8. The zero-order valence-electron chi connectivity index (χ0n) is 14.6. The van der Waals surface area contributed by atoms with E-state index in [1.54, 1.807) is 19.0 Å². The third-order valence-electron chi connectivity index (χ3n) is 4.53. The summed E-state index contributed by atoms with van der Waals surface area (Å²) in [5.74, 6) is -0.102. The Labute approximate surface area is 143 Å². The smallest absolute Gasteiger partial charge is 0.254 e. The molecule has 1 atom stereocenters. The number of nitrogens with zero attached hydrogens (tertiary/aromatic N) is 1. The molecule has 0 spiro atoms. The lowest BCUT2D eigenvalue weighted by molar-refractivity contribution is 0.0155. The zero-order valence-corrected chi connectivity index (χ0v) is 14.6. The van der Waals surface area contributed by atoms with E-state index in [-0.39, 0.29) is 5.91 Å². The van der Waals surface area contributed by atoms with Gasteiger partial charge in [0.1, 0.15) is 6.17 Å². The fraction of sp³-hybridized carbons (Fsp3) is 0.316. The molecule has 1 unspecified atom stereocenters. The first-order chi connectivity index (χ1) is 11.4. The largest absolute Gasteiger partial charge is 0.334 e. The van der Waals surface area contributed by atoms with Gasteiger partial charge in [-0.3, -0.25) is 4.79 Å². The van der Waals surface area contributed by atoms with E-state index in [0.717, 1.165) is 11.1 Å². The standard InChI is InChI=1S/C19H25N3O2/c1-19(2,18(20-3)21-24)22(4)17(23)16-12-10-15(11-13-16)14-8-6-5-7-9-14/h5-13,18,20-21,24H,1-4H3. The molecule has 2 aromatic carbocycles.